The second-order valence-corrected chi connectivity index (χ2v) is 6.62. The van der Waals surface area contributed by atoms with Crippen LogP contribution in [0.2, 0.25) is 0 Å². The molecule has 2 rings (SSSR count). The third kappa shape index (κ3) is 4.91. The van der Waals surface area contributed by atoms with Gasteiger partial charge >= 0.3 is 0 Å². The van der Waals surface area contributed by atoms with Gasteiger partial charge in [-0.2, -0.15) is 0 Å². The third-order valence-electron chi connectivity index (χ3n) is 4.98. The van der Waals surface area contributed by atoms with Crippen LogP contribution in [0.4, 0.5) is 0 Å². The number of ether oxygens (including phenoxy) is 1. The maximum Gasteiger partial charge on any atom is 0.234 e. The summed E-state index contributed by atoms with van der Waals surface area (Å²) < 4.78 is 5.48. The molecular weight excluding hydrogens is 282 g/mol. The van der Waals surface area contributed by atoms with Crippen molar-refractivity contribution in [2.45, 2.75) is 37.6 Å². The summed E-state index contributed by atoms with van der Waals surface area (Å²) in [6.07, 6.45) is 6.13. The van der Waals surface area contributed by atoms with E-state index < -0.39 is 0 Å². The SMILES string of the molecule is CN(CCO)CC(=O)NCC1(N2CCOCC2)CCCCC1. The van der Waals surface area contributed by atoms with Gasteiger partial charge in [0.25, 0.3) is 0 Å². The Kier molecular flexibility index (Phi) is 7.08. The summed E-state index contributed by atoms with van der Waals surface area (Å²) in [4.78, 5) is 16.5. The molecule has 0 aromatic rings. The fourth-order valence-electron chi connectivity index (χ4n) is 3.67. The van der Waals surface area contributed by atoms with Crippen LogP contribution in [0.5, 0.6) is 0 Å². The average molecular weight is 313 g/mol. The van der Waals surface area contributed by atoms with Crippen LogP contribution in [0.15, 0.2) is 0 Å². The minimum absolute atomic E-state index is 0.0501. The summed E-state index contributed by atoms with van der Waals surface area (Å²) in [5.74, 6) is 0.0501. The van der Waals surface area contributed by atoms with Gasteiger partial charge in [-0.25, -0.2) is 0 Å². The molecule has 0 radical (unpaired) electrons. The minimum atomic E-state index is 0.0501. The molecule has 2 N–H and O–H groups in total. The molecule has 0 aromatic carbocycles. The Morgan fingerprint density at radius 3 is 2.59 bits per heavy atom. The molecule has 6 heteroatoms. The molecule has 1 saturated heterocycles. The van der Waals surface area contributed by atoms with E-state index in [2.05, 4.69) is 10.2 Å². The van der Waals surface area contributed by atoms with Gasteiger partial charge < -0.3 is 15.2 Å². The molecule has 1 aliphatic carbocycles. The predicted octanol–water partition coefficient (Wildman–Crippen LogP) is 0.0618. The van der Waals surface area contributed by atoms with Gasteiger partial charge in [0.2, 0.25) is 5.91 Å². The number of aliphatic hydroxyl groups is 1. The van der Waals surface area contributed by atoms with Gasteiger partial charge in [0.15, 0.2) is 0 Å². The van der Waals surface area contributed by atoms with Gasteiger partial charge in [-0.15, -0.1) is 0 Å². The number of hydrogen-bond donors (Lipinski definition) is 2. The van der Waals surface area contributed by atoms with E-state index in [0.29, 0.717) is 13.1 Å². The van der Waals surface area contributed by atoms with E-state index in [0.717, 1.165) is 32.8 Å². The van der Waals surface area contributed by atoms with E-state index in [1.165, 1.54) is 32.1 Å². The Morgan fingerprint density at radius 2 is 1.95 bits per heavy atom. The zero-order valence-electron chi connectivity index (χ0n) is 13.9. The van der Waals surface area contributed by atoms with Gasteiger partial charge in [-0.3, -0.25) is 14.6 Å². The van der Waals surface area contributed by atoms with Crippen molar-refractivity contribution >= 4 is 5.91 Å². The molecule has 0 unspecified atom stereocenters. The standard InChI is InChI=1S/C16H31N3O3/c1-18(7-10-20)13-15(21)17-14-16(5-3-2-4-6-16)19-8-11-22-12-9-19/h20H,2-14H2,1H3,(H,17,21). The maximum atomic E-state index is 12.1. The fraction of sp³-hybridized carbons (Fsp3) is 0.938. The highest BCUT2D eigenvalue weighted by Crippen LogP contribution is 2.33. The van der Waals surface area contributed by atoms with Crippen LogP contribution >= 0.6 is 0 Å². The van der Waals surface area contributed by atoms with Crippen LogP contribution in [0, 0.1) is 0 Å². The van der Waals surface area contributed by atoms with E-state index in [4.69, 9.17) is 9.84 Å². The number of likely N-dealkylation sites (N-methyl/N-ethyl adjacent to an activating group) is 1. The topological polar surface area (TPSA) is 65.0 Å². The van der Waals surface area contributed by atoms with Crippen LogP contribution in [-0.2, 0) is 9.53 Å². The molecular formula is C16H31N3O3. The summed E-state index contributed by atoms with van der Waals surface area (Å²) in [5.41, 5.74) is 0.118. The lowest BCUT2D eigenvalue weighted by Crippen LogP contribution is -2.60. The summed E-state index contributed by atoms with van der Waals surface area (Å²) >= 11 is 0. The third-order valence-corrected chi connectivity index (χ3v) is 4.98. The smallest absolute Gasteiger partial charge is 0.234 e. The average Bonchev–Trinajstić information content (AvgIpc) is 2.55. The van der Waals surface area contributed by atoms with Crippen molar-refractivity contribution in [1.82, 2.24) is 15.1 Å². The van der Waals surface area contributed by atoms with Crippen molar-refractivity contribution in [3.8, 4) is 0 Å². The maximum absolute atomic E-state index is 12.1. The van der Waals surface area contributed by atoms with E-state index in [1.54, 1.807) is 0 Å². The first-order valence-electron chi connectivity index (χ1n) is 8.55. The number of carbonyl (C=O) groups is 1. The monoisotopic (exact) mass is 313 g/mol. The quantitative estimate of drug-likeness (QED) is 0.696. The first kappa shape index (κ1) is 17.7. The molecule has 22 heavy (non-hydrogen) atoms. The van der Waals surface area contributed by atoms with Crippen LogP contribution < -0.4 is 5.32 Å². The number of morpholine rings is 1. The van der Waals surface area contributed by atoms with E-state index in [1.807, 2.05) is 11.9 Å². The van der Waals surface area contributed by atoms with Crippen LogP contribution in [0.3, 0.4) is 0 Å². The Morgan fingerprint density at radius 1 is 1.27 bits per heavy atom. The Labute approximate surface area is 133 Å². The predicted molar refractivity (Wildman–Crippen MR) is 85.8 cm³/mol. The molecule has 0 bridgehead atoms. The van der Waals surface area contributed by atoms with Crippen molar-refractivity contribution in [2.75, 3.05) is 59.6 Å². The second-order valence-electron chi connectivity index (χ2n) is 6.62. The molecule has 128 valence electrons. The first-order chi connectivity index (χ1) is 10.7. The molecule has 1 amide bonds. The largest absolute Gasteiger partial charge is 0.395 e. The lowest BCUT2D eigenvalue weighted by atomic mass is 9.79. The molecule has 2 aliphatic rings. The molecule has 0 atom stereocenters. The fourth-order valence-corrected chi connectivity index (χ4v) is 3.67. The molecule has 1 saturated carbocycles. The molecule has 0 spiro atoms. The lowest BCUT2D eigenvalue weighted by molar-refractivity contribution is -0.123. The van der Waals surface area contributed by atoms with E-state index >= 15 is 0 Å². The molecule has 1 aliphatic heterocycles. The van der Waals surface area contributed by atoms with Crippen molar-refractivity contribution in [2.24, 2.45) is 0 Å². The van der Waals surface area contributed by atoms with Crippen molar-refractivity contribution in [1.29, 1.82) is 0 Å². The Hall–Kier alpha value is -0.690. The zero-order valence-corrected chi connectivity index (χ0v) is 13.9. The number of nitrogens with one attached hydrogen (secondary N) is 1. The normalized spacial score (nSPS) is 22.7. The van der Waals surface area contributed by atoms with Gasteiger partial charge in [0, 0.05) is 31.7 Å². The van der Waals surface area contributed by atoms with Crippen LogP contribution in [-0.4, -0.2) is 85.9 Å². The van der Waals surface area contributed by atoms with Crippen LogP contribution in [0.1, 0.15) is 32.1 Å². The highest BCUT2D eigenvalue weighted by Gasteiger charge is 2.38. The number of nitrogens with zero attached hydrogens (tertiary/aromatic N) is 2. The summed E-state index contributed by atoms with van der Waals surface area (Å²) in [5, 5.41) is 12.0. The first-order valence-corrected chi connectivity index (χ1v) is 8.55. The summed E-state index contributed by atoms with van der Waals surface area (Å²) in [7, 11) is 1.86. The molecule has 6 nitrogen and oxygen atoms in total. The Bertz CT molecular complexity index is 340. The number of hydrogen-bond acceptors (Lipinski definition) is 5. The molecule has 2 fully saturated rings. The number of rotatable bonds is 7. The number of carbonyl (C=O) groups excluding carboxylic acids is 1. The van der Waals surface area contributed by atoms with Gasteiger partial charge in [-0.05, 0) is 19.9 Å². The molecule has 1 heterocycles. The number of amides is 1. The van der Waals surface area contributed by atoms with Crippen molar-refractivity contribution in [3.63, 3.8) is 0 Å². The summed E-state index contributed by atoms with van der Waals surface area (Å²) in [6, 6.07) is 0. The number of aliphatic hydroxyl groups excluding tert-OH is 1. The van der Waals surface area contributed by atoms with Crippen molar-refractivity contribution in [3.05, 3.63) is 0 Å². The molecule has 0 aromatic heterocycles. The zero-order chi connectivity index (χ0) is 15.8. The van der Waals surface area contributed by atoms with Gasteiger partial charge in [-0.1, -0.05) is 19.3 Å². The lowest BCUT2D eigenvalue weighted by Gasteiger charge is -2.48. The highest BCUT2D eigenvalue weighted by atomic mass is 16.5. The van der Waals surface area contributed by atoms with E-state index in [9.17, 15) is 4.79 Å². The summed E-state index contributed by atoms with van der Waals surface area (Å²) in [6.45, 7) is 5.24. The van der Waals surface area contributed by atoms with Gasteiger partial charge in [0.1, 0.15) is 0 Å². The second kappa shape index (κ2) is 8.82. The van der Waals surface area contributed by atoms with Crippen molar-refractivity contribution < 1.29 is 14.6 Å². The highest BCUT2D eigenvalue weighted by molar-refractivity contribution is 5.78. The van der Waals surface area contributed by atoms with Gasteiger partial charge in [0.05, 0.1) is 26.4 Å². The Balaban J connectivity index is 1.88. The van der Waals surface area contributed by atoms with E-state index in [-0.39, 0.29) is 18.1 Å². The minimum Gasteiger partial charge on any atom is -0.395 e. The van der Waals surface area contributed by atoms with Crippen LogP contribution in [0.25, 0.3) is 0 Å².